The second kappa shape index (κ2) is 4.37. The van der Waals surface area contributed by atoms with Gasteiger partial charge in [0.15, 0.2) is 5.76 Å². The molecule has 2 aromatic heterocycles. The van der Waals surface area contributed by atoms with Gasteiger partial charge in [-0.05, 0) is 44.8 Å². The van der Waals surface area contributed by atoms with Gasteiger partial charge in [-0.25, -0.2) is 4.98 Å². The Balaban J connectivity index is 2.41. The number of hydrogen-bond acceptors (Lipinski definition) is 4. The number of thiophene rings is 1. The van der Waals surface area contributed by atoms with E-state index in [4.69, 9.17) is 10.2 Å². The molecular formula is C9H8Br2N2OS. The van der Waals surface area contributed by atoms with Crippen LogP contribution in [0.2, 0.25) is 0 Å². The fourth-order valence-electron chi connectivity index (χ4n) is 1.13. The van der Waals surface area contributed by atoms with Gasteiger partial charge in [0, 0.05) is 5.56 Å². The number of nitrogens with two attached hydrogens (primary N) is 1. The second-order valence-electron chi connectivity index (χ2n) is 3.09. The minimum absolute atomic E-state index is 0.181. The van der Waals surface area contributed by atoms with E-state index in [0.717, 1.165) is 18.9 Å². The maximum absolute atomic E-state index is 5.67. The predicted molar refractivity (Wildman–Crippen MR) is 67.8 cm³/mol. The number of halogens is 2. The molecular weight excluding hydrogens is 344 g/mol. The highest BCUT2D eigenvalue weighted by atomic mass is 79.9. The summed E-state index contributed by atoms with van der Waals surface area (Å²) in [6, 6.07) is 1.81. The number of oxazole rings is 1. The number of nitrogens with zero attached hydrogens (tertiary/aromatic N) is 1. The van der Waals surface area contributed by atoms with Crippen molar-refractivity contribution in [3.63, 3.8) is 0 Å². The van der Waals surface area contributed by atoms with Gasteiger partial charge in [0.1, 0.15) is 0 Å². The highest BCUT2D eigenvalue weighted by Gasteiger charge is 2.14. The van der Waals surface area contributed by atoms with Gasteiger partial charge in [0.05, 0.1) is 19.8 Å². The van der Waals surface area contributed by atoms with Gasteiger partial charge >= 0.3 is 0 Å². The fourth-order valence-corrected chi connectivity index (χ4v) is 3.95. The third-order valence-corrected chi connectivity index (χ3v) is 4.17. The van der Waals surface area contributed by atoms with Crippen LogP contribution in [0.5, 0.6) is 0 Å². The van der Waals surface area contributed by atoms with Crippen molar-refractivity contribution in [2.24, 2.45) is 5.73 Å². The summed E-state index contributed by atoms with van der Waals surface area (Å²) in [5, 5.41) is 0. The molecule has 3 nitrogen and oxygen atoms in total. The molecule has 15 heavy (non-hydrogen) atoms. The molecule has 1 atom stereocenters. The summed E-state index contributed by atoms with van der Waals surface area (Å²) < 4.78 is 7.61. The van der Waals surface area contributed by atoms with Gasteiger partial charge in [-0.15, -0.1) is 11.3 Å². The highest BCUT2D eigenvalue weighted by molar-refractivity contribution is 9.12. The first-order valence-electron chi connectivity index (χ1n) is 4.24. The summed E-state index contributed by atoms with van der Waals surface area (Å²) in [5.74, 6) is 1.29. The fraction of sp³-hybridized carbons (Fsp3) is 0.222. The zero-order chi connectivity index (χ0) is 11.0. The van der Waals surface area contributed by atoms with Gasteiger partial charge in [-0.3, -0.25) is 0 Å². The summed E-state index contributed by atoms with van der Waals surface area (Å²) in [6.07, 6.45) is 1.69. The molecule has 0 aliphatic carbocycles. The highest BCUT2D eigenvalue weighted by Crippen LogP contribution is 2.38. The predicted octanol–water partition coefficient (Wildman–Crippen LogP) is 3.95. The van der Waals surface area contributed by atoms with Crippen LogP contribution >= 0.6 is 43.2 Å². The van der Waals surface area contributed by atoms with E-state index in [-0.39, 0.29) is 6.04 Å². The standard InChI is InChI=1S/C9H8Br2N2OS/c1-4(12)9-13-3-6(14-9)5-2-7(10)15-8(5)11/h2-4H,12H2,1H3. The molecule has 80 valence electrons. The van der Waals surface area contributed by atoms with Crippen LogP contribution in [0.4, 0.5) is 0 Å². The molecule has 2 rings (SSSR count). The van der Waals surface area contributed by atoms with E-state index in [1.54, 1.807) is 17.5 Å². The van der Waals surface area contributed by atoms with Gasteiger partial charge in [0.25, 0.3) is 0 Å². The molecule has 0 radical (unpaired) electrons. The van der Waals surface area contributed by atoms with E-state index in [0.29, 0.717) is 5.89 Å². The SMILES string of the molecule is CC(N)c1ncc(-c2cc(Br)sc2Br)o1. The Kier molecular flexibility index (Phi) is 3.30. The van der Waals surface area contributed by atoms with Crippen LogP contribution in [0, 0.1) is 0 Å². The Morgan fingerprint density at radius 3 is 2.73 bits per heavy atom. The molecule has 0 aliphatic heterocycles. The van der Waals surface area contributed by atoms with Gasteiger partial charge < -0.3 is 10.2 Å². The minimum Gasteiger partial charge on any atom is -0.439 e. The summed E-state index contributed by atoms with van der Waals surface area (Å²) in [6.45, 7) is 1.84. The molecule has 0 bridgehead atoms. The lowest BCUT2D eigenvalue weighted by molar-refractivity contribution is 0.473. The molecule has 0 fully saturated rings. The summed E-state index contributed by atoms with van der Waals surface area (Å²) in [7, 11) is 0. The normalized spacial score (nSPS) is 13.1. The number of aromatic nitrogens is 1. The van der Waals surface area contributed by atoms with Crippen LogP contribution < -0.4 is 5.73 Å². The van der Waals surface area contributed by atoms with E-state index in [9.17, 15) is 0 Å². The van der Waals surface area contributed by atoms with Crippen molar-refractivity contribution in [1.82, 2.24) is 4.98 Å². The van der Waals surface area contributed by atoms with E-state index < -0.39 is 0 Å². The Morgan fingerprint density at radius 1 is 1.53 bits per heavy atom. The zero-order valence-electron chi connectivity index (χ0n) is 7.83. The third kappa shape index (κ3) is 2.33. The van der Waals surface area contributed by atoms with Crippen LogP contribution in [-0.2, 0) is 0 Å². The maximum atomic E-state index is 5.67. The molecule has 2 N–H and O–H groups in total. The lowest BCUT2D eigenvalue weighted by Gasteiger charge is -1.96. The van der Waals surface area contributed by atoms with Crippen molar-refractivity contribution >= 4 is 43.2 Å². The Labute approximate surface area is 108 Å². The summed E-state index contributed by atoms with van der Waals surface area (Å²) in [5.41, 5.74) is 6.67. The lowest BCUT2D eigenvalue weighted by atomic mass is 10.3. The van der Waals surface area contributed by atoms with Gasteiger partial charge in [0.2, 0.25) is 5.89 Å². The zero-order valence-corrected chi connectivity index (χ0v) is 11.8. The molecule has 6 heteroatoms. The van der Waals surface area contributed by atoms with Crippen molar-refractivity contribution in [2.75, 3.05) is 0 Å². The molecule has 2 aromatic rings. The van der Waals surface area contributed by atoms with Crippen molar-refractivity contribution in [2.45, 2.75) is 13.0 Å². The molecule has 0 saturated carbocycles. The molecule has 0 spiro atoms. The number of rotatable bonds is 2. The largest absolute Gasteiger partial charge is 0.439 e. The molecule has 0 saturated heterocycles. The molecule has 2 heterocycles. The topological polar surface area (TPSA) is 52.0 Å². The Morgan fingerprint density at radius 2 is 2.27 bits per heavy atom. The average molecular weight is 352 g/mol. The lowest BCUT2D eigenvalue weighted by Crippen LogP contribution is -2.04. The van der Waals surface area contributed by atoms with Crippen molar-refractivity contribution in [3.05, 3.63) is 25.7 Å². The summed E-state index contributed by atoms with van der Waals surface area (Å²) >= 11 is 8.48. The van der Waals surface area contributed by atoms with E-state index in [1.807, 2.05) is 13.0 Å². The van der Waals surface area contributed by atoms with Crippen LogP contribution in [0.1, 0.15) is 18.9 Å². The third-order valence-electron chi connectivity index (χ3n) is 1.84. The van der Waals surface area contributed by atoms with E-state index in [2.05, 4.69) is 36.8 Å². The summed E-state index contributed by atoms with van der Waals surface area (Å²) in [4.78, 5) is 4.12. The van der Waals surface area contributed by atoms with Gasteiger partial charge in [-0.2, -0.15) is 0 Å². The molecule has 0 aromatic carbocycles. The van der Waals surface area contributed by atoms with Crippen molar-refractivity contribution < 1.29 is 4.42 Å². The minimum atomic E-state index is -0.181. The first-order chi connectivity index (χ1) is 7.08. The second-order valence-corrected chi connectivity index (χ2v) is 6.84. The van der Waals surface area contributed by atoms with E-state index >= 15 is 0 Å². The van der Waals surface area contributed by atoms with Crippen molar-refractivity contribution in [1.29, 1.82) is 0 Å². The molecule has 1 unspecified atom stereocenters. The number of hydrogen-bond donors (Lipinski definition) is 1. The van der Waals surface area contributed by atoms with Crippen molar-refractivity contribution in [3.8, 4) is 11.3 Å². The Hall–Kier alpha value is -0.170. The molecule has 0 aliphatic rings. The first-order valence-corrected chi connectivity index (χ1v) is 6.64. The molecule has 0 amide bonds. The van der Waals surface area contributed by atoms with Crippen LogP contribution in [0.25, 0.3) is 11.3 Å². The average Bonchev–Trinajstić information content (AvgIpc) is 2.71. The first kappa shape index (κ1) is 11.3. The Bertz CT molecular complexity index is 478. The van der Waals surface area contributed by atoms with Gasteiger partial charge in [-0.1, -0.05) is 0 Å². The monoisotopic (exact) mass is 350 g/mol. The smallest absolute Gasteiger partial charge is 0.211 e. The van der Waals surface area contributed by atoms with Crippen LogP contribution in [-0.4, -0.2) is 4.98 Å². The maximum Gasteiger partial charge on any atom is 0.211 e. The van der Waals surface area contributed by atoms with Crippen LogP contribution in [0.3, 0.4) is 0 Å². The van der Waals surface area contributed by atoms with E-state index in [1.165, 1.54) is 0 Å². The quantitative estimate of drug-likeness (QED) is 0.891. The van der Waals surface area contributed by atoms with Crippen LogP contribution in [0.15, 0.2) is 24.3 Å².